The Balaban J connectivity index is 1.64. The van der Waals surface area contributed by atoms with E-state index in [2.05, 4.69) is 41.9 Å². The van der Waals surface area contributed by atoms with Crippen LogP contribution in [0.4, 0.5) is 0 Å². The summed E-state index contributed by atoms with van der Waals surface area (Å²) in [5.74, 6) is 0.605. The molecule has 0 fully saturated rings. The van der Waals surface area contributed by atoms with Crippen LogP contribution in [0.3, 0.4) is 0 Å². The predicted molar refractivity (Wildman–Crippen MR) is 104 cm³/mol. The number of halogens is 1. The van der Waals surface area contributed by atoms with Gasteiger partial charge in [-0.1, -0.05) is 28.1 Å². The monoisotopic (exact) mass is 403 g/mol. The van der Waals surface area contributed by atoms with Crippen LogP contribution in [-0.4, -0.2) is 43.5 Å². The fourth-order valence-corrected chi connectivity index (χ4v) is 2.56. The van der Waals surface area contributed by atoms with E-state index in [1.807, 2.05) is 30.3 Å². The van der Waals surface area contributed by atoms with Gasteiger partial charge < -0.3 is 16.0 Å². The molecule has 132 valence electrons. The van der Waals surface area contributed by atoms with E-state index in [1.165, 1.54) is 0 Å². The van der Waals surface area contributed by atoms with E-state index >= 15 is 0 Å². The Morgan fingerprint density at radius 1 is 1.08 bits per heavy atom. The van der Waals surface area contributed by atoms with Crippen LogP contribution in [-0.2, 0) is 6.42 Å². The zero-order valence-electron chi connectivity index (χ0n) is 14.1. The van der Waals surface area contributed by atoms with Gasteiger partial charge in [0.05, 0.1) is 0 Å². The summed E-state index contributed by atoms with van der Waals surface area (Å²) in [5, 5.41) is 9.27. The van der Waals surface area contributed by atoms with E-state index in [0.29, 0.717) is 24.6 Å². The van der Waals surface area contributed by atoms with Crippen molar-refractivity contribution >= 4 is 27.8 Å². The molecule has 0 saturated carbocycles. The van der Waals surface area contributed by atoms with E-state index in [-0.39, 0.29) is 5.91 Å². The van der Waals surface area contributed by atoms with Crippen LogP contribution in [0.25, 0.3) is 0 Å². The number of aliphatic imine (C=N–C) groups is 1. The van der Waals surface area contributed by atoms with Crippen LogP contribution < -0.4 is 16.0 Å². The molecule has 0 saturated heterocycles. The van der Waals surface area contributed by atoms with Gasteiger partial charge in [-0.15, -0.1) is 0 Å². The molecule has 1 heterocycles. The van der Waals surface area contributed by atoms with Gasteiger partial charge in [0.1, 0.15) is 0 Å². The lowest BCUT2D eigenvalue weighted by Gasteiger charge is -2.12. The number of hydrogen-bond acceptors (Lipinski definition) is 3. The molecule has 1 amide bonds. The van der Waals surface area contributed by atoms with Gasteiger partial charge >= 0.3 is 0 Å². The molecule has 0 radical (unpaired) electrons. The number of amides is 1. The van der Waals surface area contributed by atoms with Crippen molar-refractivity contribution in [3.63, 3.8) is 0 Å². The minimum absolute atomic E-state index is 0.0961. The standard InChI is InChI=1S/C18H22BrN5O/c1-20-18(23-10-8-16-7-2-3-9-21-16)24-12-11-22-17(25)14-5-4-6-15(19)13-14/h2-7,9,13H,8,10-12H2,1H3,(H,22,25)(H2,20,23,24). The summed E-state index contributed by atoms with van der Waals surface area (Å²) in [7, 11) is 1.72. The minimum atomic E-state index is -0.0961. The zero-order valence-corrected chi connectivity index (χ0v) is 15.7. The Labute approximate surface area is 156 Å². The van der Waals surface area contributed by atoms with Crippen LogP contribution in [0.1, 0.15) is 16.1 Å². The molecule has 1 aromatic heterocycles. The molecule has 0 atom stereocenters. The van der Waals surface area contributed by atoms with Crippen LogP contribution in [0.2, 0.25) is 0 Å². The fraction of sp³-hybridized carbons (Fsp3) is 0.278. The van der Waals surface area contributed by atoms with Gasteiger partial charge in [-0.2, -0.15) is 0 Å². The molecular formula is C18H22BrN5O. The maximum Gasteiger partial charge on any atom is 0.251 e. The molecule has 25 heavy (non-hydrogen) atoms. The second-order valence-electron chi connectivity index (χ2n) is 5.26. The highest BCUT2D eigenvalue weighted by atomic mass is 79.9. The van der Waals surface area contributed by atoms with Crippen molar-refractivity contribution in [1.82, 2.24) is 20.9 Å². The zero-order chi connectivity index (χ0) is 17.9. The third-order valence-electron chi connectivity index (χ3n) is 3.41. The van der Waals surface area contributed by atoms with E-state index in [4.69, 9.17) is 0 Å². The summed E-state index contributed by atoms with van der Waals surface area (Å²) in [5.41, 5.74) is 1.67. The van der Waals surface area contributed by atoms with Gasteiger partial charge in [0.2, 0.25) is 0 Å². The summed E-state index contributed by atoms with van der Waals surface area (Å²) in [6.07, 6.45) is 2.61. The van der Waals surface area contributed by atoms with Crippen molar-refractivity contribution in [3.8, 4) is 0 Å². The topological polar surface area (TPSA) is 78.4 Å². The summed E-state index contributed by atoms with van der Waals surface area (Å²) >= 11 is 3.36. The van der Waals surface area contributed by atoms with Crippen molar-refractivity contribution < 1.29 is 4.79 Å². The molecule has 6 nitrogen and oxygen atoms in total. The molecule has 0 aliphatic rings. The smallest absolute Gasteiger partial charge is 0.251 e. The maximum atomic E-state index is 12.0. The maximum absolute atomic E-state index is 12.0. The molecule has 7 heteroatoms. The van der Waals surface area contributed by atoms with Crippen molar-refractivity contribution in [1.29, 1.82) is 0 Å². The van der Waals surface area contributed by atoms with Gasteiger partial charge in [-0.05, 0) is 30.3 Å². The van der Waals surface area contributed by atoms with Gasteiger partial charge in [-0.3, -0.25) is 14.8 Å². The van der Waals surface area contributed by atoms with Crippen molar-refractivity contribution in [2.75, 3.05) is 26.7 Å². The van der Waals surface area contributed by atoms with E-state index in [1.54, 1.807) is 25.4 Å². The Morgan fingerprint density at radius 3 is 2.60 bits per heavy atom. The Kier molecular flexibility index (Phi) is 7.91. The van der Waals surface area contributed by atoms with Crippen molar-refractivity contribution in [2.24, 2.45) is 4.99 Å². The Hall–Kier alpha value is -2.41. The van der Waals surface area contributed by atoms with E-state index < -0.39 is 0 Å². The summed E-state index contributed by atoms with van der Waals surface area (Å²) in [6.45, 7) is 1.83. The van der Waals surface area contributed by atoms with Crippen LogP contribution >= 0.6 is 15.9 Å². The van der Waals surface area contributed by atoms with E-state index in [0.717, 1.165) is 23.1 Å². The molecule has 1 aromatic carbocycles. The first-order valence-electron chi connectivity index (χ1n) is 8.07. The van der Waals surface area contributed by atoms with Gasteiger partial charge in [-0.25, -0.2) is 0 Å². The molecular weight excluding hydrogens is 382 g/mol. The average molecular weight is 404 g/mol. The molecule has 3 N–H and O–H groups in total. The van der Waals surface area contributed by atoms with Gasteiger partial charge in [0.25, 0.3) is 5.91 Å². The molecule has 0 aliphatic heterocycles. The van der Waals surface area contributed by atoms with Crippen LogP contribution in [0.15, 0.2) is 58.1 Å². The highest BCUT2D eigenvalue weighted by Gasteiger charge is 2.05. The first-order valence-corrected chi connectivity index (χ1v) is 8.86. The molecule has 0 aliphatic carbocycles. The summed E-state index contributed by atoms with van der Waals surface area (Å²) in [4.78, 5) is 20.5. The largest absolute Gasteiger partial charge is 0.356 e. The number of benzene rings is 1. The lowest BCUT2D eigenvalue weighted by atomic mass is 10.2. The first kappa shape index (κ1) is 18.9. The number of rotatable bonds is 7. The molecule has 2 rings (SSSR count). The van der Waals surface area contributed by atoms with Crippen LogP contribution in [0, 0.1) is 0 Å². The second kappa shape index (κ2) is 10.5. The van der Waals surface area contributed by atoms with Crippen LogP contribution in [0.5, 0.6) is 0 Å². The average Bonchev–Trinajstić information content (AvgIpc) is 2.64. The normalized spacial score (nSPS) is 11.0. The molecule has 0 bridgehead atoms. The third kappa shape index (κ3) is 6.93. The highest BCUT2D eigenvalue weighted by Crippen LogP contribution is 2.11. The number of guanidine groups is 1. The molecule has 0 unspecified atom stereocenters. The minimum Gasteiger partial charge on any atom is -0.356 e. The second-order valence-corrected chi connectivity index (χ2v) is 6.18. The number of carbonyl (C=O) groups is 1. The molecule has 2 aromatic rings. The molecule has 0 spiro atoms. The lowest BCUT2D eigenvalue weighted by Crippen LogP contribution is -2.42. The fourth-order valence-electron chi connectivity index (χ4n) is 2.16. The predicted octanol–water partition coefficient (Wildman–Crippen LogP) is 1.98. The SMILES string of the molecule is CN=C(NCCNC(=O)c1cccc(Br)c1)NCCc1ccccn1. The number of carbonyl (C=O) groups excluding carboxylic acids is 1. The quantitative estimate of drug-likeness (QED) is 0.375. The number of nitrogens with one attached hydrogen (secondary N) is 3. The first-order chi connectivity index (χ1) is 12.2. The number of pyridine rings is 1. The Morgan fingerprint density at radius 2 is 1.88 bits per heavy atom. The van der Waals surface area contributed by atoms with Crippen molar-refractivity contribution in [3.05, 3.63) is 64.4 Å². The third-order valence-corrected chi connectivity index (χ3v) is 3.91. The summed E-state index contributed by atoms with van der Waals surface area (Å²) in [6, 6.07) is 13.2. The number of aromatic nitrogens is 1. The summed E-state index contributed by atoms with van der Waals surface area (Å²) < 4.78 is 0.885. The number of hydrogen-bond donors (Lipinski definition) is 3. The highest BCUT2D eigenvalue weighted by molar-refractivity contribution is 9.10. The van der Waals surface area contributed by atoms with E-state index in [9.17, 15) is 4.79 Å². The van der Waals surface area contributed by atoms with Gasteiger partial charge in [0.15, 0.2) is 5.96 Å². The lowest BCUT2D eigenvalue weighted by molar-refractivity contribution is 0.0954. The Bertz CT molecular complexity index is 706. The van der Waals surface area contributed by atoms with Gasteiger partial charge in [0, 0.05) is 55.0 Å². The van der Waals surface area contributed by atoms with Crippen molar-refractivity contribution in [2.45, 2.75) is 6.42 Å². The number of nitrogens with zero attached hydrogens (tertiary/aromatic N) is 2.